The van der Waals surface area contributed by atoms with Gasteiger partial charge in [-0.3, -0.25) is 5.01 Å². The van der Waals surface area contributed by atoms with Gasteiger partial charge in [-0.15, -0.1) is 5.53 Å². The molecule has 0 aliphatic carbocycles. The van der Waals surface area contributed by atoms with Crippen LogP contribution < -0.4 is 16.3 Å². The SMILES string of the molecule is CC.CC.CCN1C=C(CNC(C)(C)CCC(C)(C)CC)NN1. The maximum Gasteiger partial charge on any atom is 0.0591 e. The van der Waals surface area contributed by atoms with Crippen molar-refractivity contribution in [3.05, 3.63) is 11.9 Å². The monoisotopic (exact) mass is 328 g/mol. The van der Waals surface area contributed by atoms with Gasteiger partial charge in [-0.25, -0.2) is 0 Å². The number of nitrogens with zero attached hydrogens (tertiary/aromatic N) is 1. The summed E-state index contributed by atoms with van der Waals surface area (Å²) in [5, 5.41) is 5.69. The van der Waals surface area contributed by atoms with Crippen LogP contribution in [0, 0.1) is 5.41 Å². The van der Waals surface area contributed by atoms with Gasteiger partial charge >= 0.3 is 0 Å². The summed E-state index contributed by atoms with van der Waals surface area (Å²) < 4.78 is 0. The van der Waals surface area contributed by atoms with Crippen LogP contribution in [0.15, 0.2) is 11.9 Å². The predicted octanol–water partition coefficient (Wildman–Crippen LogP) is 4.81. The zero-order valence-corrected chi connectivity index (χ0v) is 17.6. The highest BCUT2D eigenvalue weighted by molar-refractivity contribution is 5.04. The predicted molar refractivity (Wildman–Crippen MR) is 105 cm³/mol. The summed E-state index contributed by atoms with van der Waals surface area (Å²) in [6, 6.07) is 0. The van der Waals surface area contributed by atoms with E-state index in [1.54, 1.807) is 0 Å². The molecule has 0 saturated carbocycles. The summed E-state index contributed by atoms with van der Waals surface area (Å²) in [4.78, 5) is 0. The van der Waals surface area contributed by atoms with Crippen LogP contribution in [0.25, 0.3) is 0 Å². The van der Waals surface area contributed by atoms with Crippen LogP contribution in [0.5, 0.6) is 0 Å². The fourth-order valence-corrected chi connectivity index (χ4v) is 1.91. The van der Waals surface area contributed by atoms with Crippen molar-refractivity contribution in [1.29, 1.82) is 0 Å². The lowest BCUT2D eigenvalue weighted by atomic mass is 9.81. The molecule has 0 fully saturated rings. The van der Waals surface area contributed by atoms with E-state index < -0.39 is 0 Å². The Morgan fingerprint density at radius 1 is 1.00 bits per heavy atom. The summed E-state index contributed by atoms with van der Waals surface area (Å²) in [5.74, 6) is 0. The van der Waals surface area contributed by atoms with Gasteiger partial charge in [-0.05, 0) is 39.0 Å². The van der Waals surface area contributed by atoms with Gasteiger partial charge in [-0.2, -0.15) is 0 Å². The number of hydrogen-bond acceptors (Lipinski definition) is 4. The van der Waals surface area contributed by atoms with Crippen LogP contribution >= 0.6 is 0 Å². The van der Waals surface area contributed by atoms with Crippen LogP contribution in [0.3, 0.4) is 0 Å². The first-order chi connectivity index (χ1) is 10.8. The second-order valence-electron chi connectivity index (χ2n) is 6.93. The number of hydrogen-bond donors (Lipinski definition) is 3. The smallest absolute Gasteiger partial charge is 0.0591 e. The van der Waals surface area contributed by atoms with Gasteiger partial charge < -0.3 is 10.7 Å². The molecule has 0 amide bonds. The minimum absolute atomic E-state index is 0.175. The molecule has 4 nitrogen and oxygen atoms in total. The molecule has 1 heterocycles. The summed E-state index contributed by atoms with van der Waals surface area (Å²) in [6.07, 6.45) is 5.82. The Kier molecular flexibility index (Phi) is 13.5. The lowest BCUT2D eigenvalue weighted by molar-refractivity contribution is 0.255. The molecule has 140 valence electrons. The molecular formula is C19H44N4. The molecule has 4 heteroatoms. The minimum atomic E-state index is 0.175. The van der Waals surface area contributed by atoms with Gasteiger partial charge in [0.2, 0.25) is 0 Å². The first-order valence-electron chi connectivity index (χ1n) is 9.52. The van der Waals surface area contributed by atoms with Crippen molar-refractivity contribution in [1.82, 2.24) is 21.3 Å². The average Bonchev–Trinajstić information content (AvgIpc) is 3.03. The van der Waals surface area contributed by atoms with Crippen molar-refractivity contribution < 1.29 is 0 Å². The highest BCUT2D eigenvalue weighted by atomic mass is 15.7. The van der Waals surface area contributed by atoms with Crippen LogP contribution in [-0.4, -0.2) is 23.6 Å². The quantitative estimate of drug-likeness (QED) is 0.598. The molecule has 1 aliphatic heterocycles. The Morgan fingerprint density at radius 2 is 1.57 bits per heavy atom. The lowest BCUT2D eigenvalue weighted by Crippen LogP contribution is -2.43. The highest BCUT2D eigenvalue weighted by Crippen LogP contribution is 2.29. The zero-order chi connectivity index (χ0) is 18.5. The minimum Gasteiger partial charge on any atom is -0.306 e. The first kappa shape index (κ1) is 24.5. The van der Waals surface area contributed by atoms with Crippen molar-refractivity contribution in [3.63, 3.8) is 0 Å². The van der Waals surface area contributed by atoms with E-state index in [0.717, 1.165) is 13.1 Å². The maximum atomic E-state index is 3.64. The molecule has 0 spiro atoms. The maximum absolute atomic E-state index is 3.64. The third-order valence-electron chi connectivity index (χ3n) is 4.15. The van der Waals surface area contributed by atoms with Gasteiger partial charge in [0, 0.05) is 24.8 Å². The normalized spacial score (nSPS) is 14.2. The Bertz CT molecular complexity index is 308. The van der Waals surface area contributed by atoms with Crippen LogP contribution in [0.2, 0.25) is 0 Å². The van der Waals surface area contributed by atoms with Gasteiger partial charge in [0.1, 0.15) is 0 Å². The van der Waals surface area contributed by atoms with Crippen LogP contribution in [0.4, 0.5) is 0 Å². The van der Waals surface area contributed by atoms with E-state index in [2.05, 4.69) is 64.0 Å². The molecule has 0 aromatic carbocycles. The fraction of sp³-hybridized carbons (Fsp3) is 0.895. The molecule has 1 rings (SSSR count). The van der Waals surface area contributed by atoms with Gasteiger partial charge in [-0.1, -0.05) is 54.9 Å². The molecular weight excluding hydrogens is 284 g/mol. The van der Waals surface area contributed by atoms with Crippen molar-refractivity contribution in [2.24, 2.45) is 5.41 Å². The Morgan fingerprint density at radius 3 is 2.00 bits per heavy atom. The number of hydrazine groups is 2. The van der Waals surface area contributed by atoms with Gasteiger partial charge in [0.15, 0.2) is 0 Å². The Hall–Kier alpha value is -0.740. The van der Waals surface area contributed by atoms with E-state index in [1.165, 1.54) is 25.0 Å². The van der Waals surface area contributed by atoms with Crippen molar-refractivity contribution in [3.8, 4) is 0 Å². The number of nitrogens with one attached hydrogen (secondary N) is 3. The van der Waals surface area contributed by atoms with E-state index in [-0.39, 0.29) is 5.54 Å². The molecule has 0 radical (unpaired) electrons. The van der Waals surface area contributed by atoms with Crippen molar-refractivity contribution >= 4 is 0 Å². The standard InChI is InChI=1S/C15H32N4.2C2H6/c1-7-14(3,4)9-10-15(5,6)16-11-13-12-19(8-2)18-17-13;2*1-2/h12,16-18H,7-11H2,1-6H3;2*1-2H3. The van der Waals surface area contributed by atoms with Crippen LogP contribution in [-0.2, 0) is 0 Å². The second kappa shape index (κ2) is 12.7. The molecule has 0 atom stereocenters. The third-order valence-corrected chi connectivity index (χ3v) is 4.15. The Labute approximate surface area is 146 Å². The number of rotatable bonds is 8. The second-order valence-corrected chi connectivity index (χ2v) is 6.93. The fourth-order valence-electron chi connectivity index (χ4n) is 1.91. The highest BCUT2D eigenvalue weighted by Gasteiger charge is 2.23. The molecule has 3 N–H and O–H groups in total. The first-order valence-corrected chi connectivity index (χ1v) is 9.52. The summed E-state index contributed by atoms with van der Waals surface area (Å²) in [7, 11) is 0. The molecule has 0 saturated heterocycles. The van der Waals surface area contributed by atoms with E-state index in [4.69, 9.17) is 0 Å². The molecule has 0 aromatic rings. The zero-order valence-electron chi connectivity index (χ0n) is 17.6. The lowest BCUT2D eigenvalue weighted by Gasteiger charge is -2.31. The largest absolute Gasteiger partial charge is 0.306 e. The molecule has 0 unspecified atom stereocenters. The van der Waals surface area contributed by atoms with E-state index >= 15 is 0 Å². The van der Waals surface area contributed by atoms with E-state index in [9.17, 15) is 0 Å². The molecule has 23 heavy (non-hydrogen) atoms. The molecule has 0 bridgehead atoms. The third kappa shape index (κ3) is 11.4. The summed E-state index contributed by atoms with van der Waals surface area (Å²) in [5.41, 5.74) is 8.12. The average molecular weight is 329 g/mol. The van der Waals surface area contributed by atoms with Crippen LogP contribution in [0.1, 0.15) is 88.5 Å². The van der Waals surface area contributed by atoms with E-state index in [0.29, 0.717) is 5.41 Å². The van der Waals surface area contributed by atoms with Gasteiger partial charge in [0.05, 0.1) is 5.70 Å². The van der Waals surface area contributed by atoms with Gasteiger partial charge in [0.25, 0.3) is 0 Å². The topological polar surface area (TPSA) is 39.3 Å². The van der Waals surface area contributed by atoms with Crippen molar-refractivity contribution in [2.45, 2.75) is 94.0 Å². The summed E-state index contributed by atoms with van der Waals surface area (Å²) in [6.45, 7) is 23.5. The summed E-state index contributed by atoms with van der Waals surface area (Å²) >= 11 is 0. The molecule has 1 aliphatic rings. The van der Waals surface area contributed by atoms with Crippen molar-refractivity contribution in [2.75, 3.05) is 13.1 Å². The van der Waals surface area contributed by atoms with E-state index in [1.807, 2.05) is 32.7 Å². The molecule has 0 aromatic heterocycles. The Balaban J connectivity index is 0.